The molecule has 0 fully saturated rings. The molecule has 0 heterocycles. The predicted octanol–water partition coefficient (Wildman–Crippen LogP) is 15.3. The van der Waals surface area contributed by atoms with Crippen LogP contribution in [-0.2, 0) is 0 Å². The van der Waals surface area contributed by atoms with Crippen LogP contribution in [0.4, 0.5) is 34.1 Å². The van der Waals surface area contributed by atoms with Gasteiger partial charge in [-0.15, -0.1) is 0 Å². The van der Waals surface area contributed by atoms with Gasteiger partial charge in [0.15, 0.2) is 0 Å². The fourth-order valence-corrected chi connectivity index (χ4v) is 7.28. The molecule has 0 N–H and O–H groups in total. The standard InChI is InChI=1S/C54H40N2/c1-5-14-41(15-6-1)43-24-32-51(33-25-43)55(49-20-9-3-10-21-49)53-36-28-45(29-37-53)47-18-13-19-48(40-47)46-30-38-54(39-31-46)56(50-22-11-4-12-23-50)52-34-26-44(27-35-52)42-16-7-2-8-17-42/h1-40H/i5T,7T. The summed E-state index contributed by atoms with van der Waals surface area (Å²) in [5.41, 5.74) is 15.3. The molecule has 0 amide bonds. The van der Waals surface area contributed by atoms with Crippen LogP contribution in [0.3, 0.4) is 0 Å². The SMILES string of the molecule is [3H]c1cccc(-c2ccc(N(c3ccccc3)c3ccc(-c4cccc(-c5ccc(N(c6ccccc6)c6ccc(-c7cccc([3H])c7)cc6)cc5)c4)cc3)cc2)c1. The Morgan fingerprint density at radius 3 is 0.821 bits per heavy atom. The Morgan fingerprint density at radius 2 is 0.482 bits per heavy atom. The first-order chi connectivity index (χ1) is 28.6. The average Bonchev–Trinajstić information content (AvgIpc) is 3.28. The van der Waals surface area contributed by atoms with Gasteiger partial charge in [0.05, 0.1) is 2.74 Å². The van der Waals surface area contributed by atoms with E-state index in [2.05, 4.69) is 180 Å². The molecule has 0 saturated carbocycles. The molecule has 9 aromatic carbocycles. The summed E-state index contributed by atoms with van der Waals surface area (Å²) in [6.07, 6.45) is 0. The largest absolute Gasteiger partial charge is 0.311 e. The van der Waals surface area contributed by atoms with E-state index in [1.165, 1.54) is 0 Å². The molecular formula is C54H40N2. The zero-order chi connectivity index (χ0) is 39.3. The summed E-state index contributed by atoms with van der Waals surface area (Å²) >= 11 is 0. The Morgan fingerprint density at radius 1 is 0.214 bits per heavy atom. The predicted molar refractivity (Wildman–Crippen MR) is 238 cm³/mol. The van der Waals surface area contributed by atoms with Crippen molar-refractivity contribution in [1.29, 1.82) is 0 Å². The van der Waals surface area contributed by atoms with Gasteiger partial charge in [0.1, 0.15) is 0 Å². The maximum absolute atomic E-state index is 8.05. The van der Waals surface area contributed by atoms with Crippen LogP contribution in [0.2, 0.25) is 0 Å². The average molecular weight is 721 g/mol. The topological polar surface area (TPSA) is 6.48 Å². The van der Waals surface area contributed by atoms with Crippen molar-refractivity contribution in [1.82, 2.24) is 0 Å². The highest BCUT2D eigenvalue weighted by molar-refractivity contribution is 5.82. The van der Waals surface area contributed by atoms with E-state index in [1.54, 1.807) is 12.1 Å². The highest BCUT2D eigenvalue weighted by atomic mass is 15.1. The van der Waals surface area contributed by atoms with Gasteiger partial charge < -0.3 is 9.80 Å². The second kappa shape index (κ2) is 15.9. The monoisotopic (exact) mass is 720 g/mol. The van der Waals surface area contributed by atoms with Gasteiger partial charge in [-0.05, 0) is 123 Å². The lowest BCUT2D eigenvalue weighted by Crippen LogP contribution is -2.09. The van der Waals surface area contributed by atoms with Crippen molar-refractivity contribution in [2.45, 2.75) is 0 Å². The lowest BCUT2D eigenvalue weighted by Gasteiger charge is -2.26. The smallest absolute Gasteiger partial charge is 0.0623 e. The molecule has 0 radical (unpaired) electrons. The maximum Gasteiger partial charge on any atom is 0.0623 e. The summed E-state index contributed by atoms with van der Waals surface area (Å²) < 4.78 is 16.1. The minimum atomic E-state index is 0.508. The number of nitrogens with zero attached hydrogens (tertiary/aromatic N) is 2. The normalized spacial score (nSPS) is 11.4. The van der Waals surface area contributed by atoms with Gasteiger partial charge in [-0.2, -0.15) is 0 Å². The number of anilines is 6. The van der Waals surface area contributed by atoms with E-state index in [0.29, 0.717) is 12.1 Å². The Kier molecular flexibility index (Phi) is 9.10. The van der Waals surface area contributed by atoms with Crippen LogP contribution < -0.4 is 9.80 Å². The van der Waals surface area contributed by atoms with Crippen LogP contribution in [0, 0.1) is 0 Å². The molecule has 0 bridgehead atoms. The molecule has 9 aromatic rings. The Hall–Kier alpha value is -7.42. The van der Waals surface area contributed by atoms with Gasteiger partial charge in [0.2, 0.25) is 0 Å². The van der Waals surface area contributed by atoms with E-state index in [-0.39, 0.29) is 0 Å². The van der Waals surface area contributed by atoms with E-state index < -0.39 is 0 Å². The number of hydrogen-bond acceptors (Lipinski definition) is 2. The zero-order valence-electron chi connectivity index (χ0n) is 32.8. The minimum Gasteiger partial charge on any atom is -0.311 e. The Bertz CT molecular complexity index is 2580. The minimum absolute atomic E-state index is 0.508. The van der Waals surface area contributed by atoms with E-state index in [0.717, 1.165) is 78.6 Å². The van der Waals surface area contributed by atoms with Crippen molar-refractivity contribution >= 4 is 34.1 Å². The summed E-state index contributed by atoms with van der Waals surface area (Å²) in [6.45, 7) is 0. The second-order valence-electron chi connectivity index (χ2n) is 13.7. The van der Waals surface area contributed by atoms with Crippen LogP contribution in [0.1, 0.15) is 2.74 Å². The first-order valence-corrected chi connectivity index (χ1v) is 18.9. The van der Waals surface area contributed by atoms with Gasteiger partial charge in [-0.3, -0.25) is 0 Å². The van der Waals surface area contributed by atoms with Crippen molar-refractivity contribution in [3.8, 4) is 44.5 Å². The molecule has 0 aromatic heterocycles. The molecular weight excluding hydrogens is 677 g/mol. The molecule has 0 spiro atoms. The quantitative estimate of drug-likeness (QED) is 0.139. The molecule has 0 unspecified atom stereocenters. The van der Waals surface area contributed by atoms with Crippen molar-refractivity contribution in [3.63, 3.8) is 0 Å². The molecule has 0 aliphatic heterocycles. The molecule has 0 aliphatic carbocycles. The lowest BCUT2D eigenvalue weighted by atomic mass is 9.98. The third kappa shape index (κ3) is 7.37. The van der Waals surface area contributed by atoms with Gasteiger partial charge in [0, 0.05) is 34.1 Å². The van der Waals surface area contributed by atoms with Gasteiger partial charge in [0.25, 0.3) is 0 Å². The number of benzene rings is 9. The van der Waals surface area contributed by atoms with Crippen molar-refractivity contribution < 1.29 is 2.74 Å². The second-order valence-corrected chi connectivity index (χ2v) is 13.7. The van der Waals surface area contributed by atoms with Crippen LogP contribution >= 0.6 is 0 Å². The molecule has 9 rings (SSSR count). The van der Waals surface area contributed by atoms with Crippen LogP contribution in [0.25, 0.3) is 44.5 Å². The van der Waals surface area contributed by atoms with Crippen molar-refractivity contribution in [3.05, 3.63) is 243 Å². The fourth-order valence-electron chi connectivity index (χ4n) is 7.28. The molecule has 2 nitrogen and oxygen atoms in total. The van der Waals surface area contributed by atoms with Crippen molar-refractivity contribution in [2.75, 3.05) is 9.80 Å². The zero-order valence-corrected chi connectivity index (χ0v) is 30.8. The van der Waals surface area contributed by atoms with E-state index >= 15 is 0 Å². The summed E-state index contributed by atoms with van der Waals surface area (Å²) in [6, 6.07) is 80.7. The lowest BCUT2D eigenvalue weighted by molar-refractivity contribution is 1.28. The van der Waals surface area contributed by atoms with E-state index in [9.17, 15) is 0 Å². The molecule has 2 heteroatoms. The highest BCUT2D eigenvalue weighted by Crippen LogP contribution is 2.39. The summed E-state index contributed by atoms with van der Waals surface area (Å²) in [5.74, 6) is 0. The first-order valence-electron chi connectivity index (χ1n) is 19.9. The van der Waals surface area contributed by atoms with Gasteiger partial charge in [-0.1, -0.05) is 164 Å². The first kappa shape index (κ1) is 32.0. The number of rotatable bonds is 10. The maximum atomic E-state index is 8.05. The van der Waals surface area contributed by atoms with Gasteiger partial charge >= 0.3 is 0 Å². The third-order valence-corrected chi connectivity index (χ3v) is 10.1. The highest BCUT2D eigenvalue weighted by Gasteiger charge is 2.15. The molecule has 266 valence electrons. The molecule has 0 saturated heterocycles. The molecule has 0 atom stereocenters. The third-order valence-electron chi connectivity index (χ3n) is 10.1. The van der Waals surface area contributed by atoms with Gasteiger partial charge in [-0.25, -0.2) is 0 Å². The number of para-hydroxylation sites is 2. The molecule has 0 aliphatic rings. The molecule has 56 heavy (non-hydrogen) atoms. The Labute approximate surface area is 332 Å². The number of hydrogen-bond donors (Lipinski definition) is 0. The van der Waals surface area contributed by atoms with Crippen molar-refractivity contribution in [2.24, 2.45) is 0 Å². The summed E-state index contributed by atoms with van der Waals surface area (Å²) in [7, 11) is 0. The van der Waals surface area contributed by atoms with E-state index in [1.807, 2.05) is 48.5 Å². The summed E-state index contributed by atoms with van der Waals surface area (Å²) in [4.78, 5) is 4.55. The van der Waals surface area contributed by atoms with Crippen LogP contribution in [0.5, 0.6) is 0 Å². The van der Waals surface area contributed by atoms with Crippen LogP contribution in [0.15, 0.2) is 243 Å². The van der Waals surface area contributed by atoms with Crippen LogP contribution in [-0.4, -0.2) is 0 Å². The summed E-state index contributed by atoms with van der Waals surface area (Å²) in [5, 5.41) is 0. The fraction of sp³-hybridized carbons (Fsp3) is 0. The Balaban J connectivity index is 0.976. The van der Waals surface area contributed by atoms with E-state index in [4.69, 9.17) is 2.74 Å².